The van der Waals surface area contributed by atoms with Crippen LogP contribution in [-0.2, 0) is 29.3 Å². The van der Waals surface area contributed by atoms with Gasteiger partial charge in [0.2, 0.25) is 25.4 Å². The molecule has 0 unspecified atom stereocenters. The van der Waals surface area contributed by atoms with Crippen LogP contribution in [-0.4, -0.2) is 99.7 Å². The predicted molar refractivity (Wildman–Crippen MR) is 222 cm³/mol. The Labute approximate surface area is 361 Å². The fraction of sp³-hybridized carbons (Fsp3) is 0.350. The molecule has 62 heavy (non-hydrogen) atoms. The summed E-state index contributed by atoms with van der Waals surface area (Å²) in [5.74, 6) is -1.94. The lowest BCUT2D eigenvalue weighted by Crippen LogP contribution is -2.38. The van der Waals surface area contributed by atoms with Gasteiger partial charge in [-0.25, -0.2) is 16.8 Å². The number of carbonyl (C=O) groups excluding carboxylic acids is 6. The number of amides is 6. The van der Waals surface area contributed by atoms with E-state index in [1.165, 1.54) is 10.8 Å². The number of imide groups is 2. The third-order valence-electron chi connectivity index (χ3n) is 10.8. The first-order valence-electron chi connectivity index (χ1n) is 19.2. The molecule has 22 heteroatoms. The number of hydrogen-bond acceptors (Lipinski definition) is 16. The Kier molecular flexibility index (Phi) is 10.4. The molecule has 6 amide bonds. The molecule has 0 spiro atoms. The number of ether oxygens (including phenoxy) is 4. The van der Waals surface area contributed by atoms with E-state index in [1.807, 2.05) is 0 Å². The van der Waals surface area contributed by atoms with E-state index < -0.39 is 66.9 Å². The van der Waals surface area contributed by atoms with Gasteiger partial charge in [-0.05, 0) is 61.1 Å². The molecular weight excluding hydrogens is 889 g/mol. The molecule has 2 saturated carbocycles. The lowest BCUT2D eigenvalue weighted by Gasteiger charge is -2.26. The van der Waals surface area contributed by atoms with Crippen LogP contribution < -0.4 is 29.6 Å². The number of benzene rings is 2. The molecule has 4 aliphatic heterocycles. The minimum atomic E-state index is -3.56. The highest BCUT2D eigenvalue weighted by molar-refractivity contribution is 7.90. The molecule has 6 heterocycles. The molecule has 2 fully saturated rings. The maximum Gasteiger partial charge on any atom is 0.265 e. The number of fused-ring (bicyclic) bond motifs is 4. The Morgan fingerprint density at radius 2 is 0.984 bits per heavy atom. The lowest BCUT2D eigenvalue weighted by molar-refractivity contribution is -0.118. The summed E-state index contributed by atoms with van der Waals surface area (Å²) in [7, 11) is -7.12. The summed E-state index contributed by atoms with van der Waals surface area (Å²) in [4.78, 5) is 79.1. The molecule has 2 aromatic carbocycles. The zero-order valence-corrected chi connectivity index (χ0v) is 36.1. The minimum Gasteiger partial charge on any atom is -0.454 e. The molecule has 10 rings (SSSR count). The van der Waals surface area contributed by atoms with Crippen molar-refractivity contribution in [1.82, 2.24) is 9.80 Å². The zero-order chi connectivity index (χ0) is 43.8. The average Bonchev–Trinajstić information content (AvgIpc) is 3.96. The first-order chi connectivity index (χ1) is 29.5. The Hall–Kier alpha value is -5.84. The van der Waals surface area contributed by atoms with Crippen molar-refractivity contribution in [2.75, 3.05) is 48.2 Å². The van der Waals surface area contributed by atoms with Crippen LogP contribution in [0.3, 0.4) is 0 Å². The van der Waals surface area contributed by atoms with Gasteiger partial charge in [0.1, 0.15) is 29.7 Å². The highest BCUT2D eigenvalue weighted by Crippen LogP contribution is 2.44. The smallest absolute Gasteiger partial charge is 0.265 e. The Morgan fingerprint density at radius 3 is 1.34 bits per heavy atom. The zero-order valence-electron chi connectivity index (χ0n) is 32.8. The van der Waals surface area contributed by atoms with Crippen molar-refractivity contribution in [2.24, 2.45) is 11.8 Å². The number of carbonyl (C=O) groups is 6. The summed E-state index contributed by atoms with van der Waals surface area (Å²) in [6.45, 7) is 0.0797. The molecule has 0 bridgehead atoms. The number of nitrogens with one attached hydrogen (secondary N) is 2. The molecule has 2 aliphatic carbocycles. The summed E-state index contributed by atoms with van der Waals surface area (Å²) in [5, 5.41) is 9.16. The second-order valence-electron chi connectivity index (χ2n) is 15.6. The van der Waals surface area contributed by atoms with Crippen molar-refractivity contribution >= 4 is 87.8 Å². The molecule has 324 valence electrons. The van der Waals surface area contributed by atoms with Crippen molar-refractivity contribution < 1.29 is 64.6 Å². The minimum absolute atomic E-state index is 0.0398. The van der Waals surface area contributed by atoms with E-state index in [0.717, 1.165) is 70.7 Å². The summed E-state index contributed by atoms with van der Waals surface area (Å²) < 4.78 is 70.0. The first kappa shape index (κ1) is 41.5. The van der Waals surface area contributed by atoms with E-state index in [-0.39, 0.29) is 59.5 Å². The summed E-state index contributed by atoms with van der Waals surface area (Å²) in [5.41, 5.74) is 1.44. The molecule has 0 saturated heterocycles. The van der Waals surface area contributed by atoms with Gasteiger partial charge in [-0.1, -0.05) is 12.1 Å². The van der Waals surface area contributed by atoms with Gasteiger partial charge in [-0.2, -0.15) is 0 Å². The third kappa shape index (κ3) is 8.02. The quantitative estimate of drug-likeness (QED) is 0.187. The highest BCUT2D eigenvalue weighted by atomic mass is 32.2. The fourth-order valence-corrected chi connectivity index (χ4v) is 11.2. The second-order valence-corrected chi connectivity index (χ2v) is 21.8. The summed E-state index contributed by atoms with van der Waals surface area (Å²) in [6, 6.07) is 7.54. The van der Waals surface area contributed by atoms with Crippen molar-refractivity contribution in [3.8, 4) is 23.0 Å². The highest BCUT2D eigenvalue weighted by Gasteiger charge is 2.47. The molecule has 2 atom stereocenters. The number of sulfone groups is 2. The van der Waals surface area contributed by atoms with Crippen LogP contribution in [0.5, 0.6) is 23.0 Å². The van der Waals surface area contributed by atoms with Gasteiger partial charge in [-0.3, -0.25) is 38.6 Å². The van der Waals surface area contributed by atoms with Crippen LogP contribution in [0.2, 0.25) is 0 Å². The standard InChI is InChI=1S/2C20H18N2O7S2/c2*1-31(26,27)8-13(11-4-5-14-15(6-11)29-9-28-14)22-19(24)12-7-30-18(16(12)20(22)25)21-17(23)10-2-3-10/h2*4-7,10,13H,2-3,8-9H2,1H3,(H,21,23)/t2*13-/m10/s1. The van der Waals surface area contributed by atoms with Gasteiger partial charge in [-0.15, -0.1) is 22.7 Å². The Bertz CT molecular complexity index is 2650. The number of rotatable bonds is 12. The maximum absolute atomic E-state index is 13.3. The topological polar surface area (TPSA) is 238 Å². The number of anilines is 2. The van der Waals surface area contributed by atoms with Crippen molar-refractivity contribution in [3.63, 3.8) is 0 Å². The predicted octanol–water partition coefficient (Wildman–Crippen LogP) is 4.41. The van der Waals surface area contributed by atoms with Gasteiger partial charge >= 0.3 is 0 Å². The van der Waals surface area contributed by atoms with E-state index in [2.05, 4.69) is 10.6 Å². The average molecular weight is 925 g/mol. The molecule has 2 N–H and O–H groups in total. The van der Waals surface area contributed by atoms with E-state index in [9.17, 15) is 45.6 Å². The van der Waals surface area contributed by atoms with Gasteiger partial charge in [0.15, 0.2) is 23.0 Å². The fourth-order valence-electron chi connectivity index (χ4n) is 7.46. The monoisotopic (exact) mass is 924 g/mol. The summed E-state index contributed by atoms with van der Waals surface area (Å²) >= 11 is 2.23. The third-order valence-corrected chi connectivity index (χ3v) is 14.5. The van der Waals surface area contributed by atoms with Crippen LogP contribution in [0, 0.1) is 11.8 Å². The van der Waals surface area contributed by atoms with Crippen LogP contribution in [0.4, 0.5) is 10.0 Å². The molecule has 2 aromatic heterocycles. The lowest BCUT2D eigenvalue weighted by atomic mass is 10.1. The molecule has 6 aliphatic rings. The van der Waals surface area contributed by atoms with Gasteiger partial charge in [0.25, 0.3) is 23.6 Å². The van der Waals surface area contributed by atoms with E-state index in [0.29, 0.717) is 44.1 Å². The molecular formula is C40H36N4O14S4. The number of thiophene rings is 2. The SMILES string of the molecule is CS(=O)(=O)C[C@@H](c1ccc2c(c1)OCO2)N1C(=O)c2csc(NC(=O)C3CC3)c2C1=O.CS(=O)(=O)C[C@H](c1ccc2c(c1)OCO2)N1C(=O)c2csc(NC(=O)C3CC3)c2C1=O. The maximum atomic E-state index is 13.3. The van der Waals surface area contributed by atoms with Crippen LogP contribution >= 0.6 is 22.7 Å². The normalized spacial score (nSPS) is 18.3. The largest absolute Gasteiger partial charge is 0.454 e. The first-order valence-corrected chi connectivity index (χ1v) is 25.1. The number of nitrogens with zero attached hydrogens (tertiary/aromatic N) is 2. The van der Waals surface area contributed by atoms with Gasteiger partial charge in [0.05, 0.1) is 45.8 Å². The molecule has 4 aromatic rings. The molecule has 18 nitrogen and oxygen atoms in total. The Morgan fingerprint density at radius 1 is 0.613 bits per heavy atom. The van der Waals surface area contributed by atoms with E-state index in [4.69, 9.17) is 18.9 Å². The summed E-state index contributed by atoms with van der Waals surface area (Å²) in [6.07, 6.45) is 5.32. The van der Waals surface area contributed by atoms with E-state index in [1.54, 1.807) is 36.4 Å². The van der Waals surface area contributed by atoms with Gasteiger partial charge < -0.3 is 29.6 Å². The van der Waals surface area contributed by atoms with Crippen molar-refractivity contribution in [1.29, 1.82) is 0 Å². The van der Waals surface area contributed by atoms with E-state index >= 15 is 0 Å². The Balaban J connectivity index is 0.000000158. The second kappa shape index (κ2) is 15.5. The van der Waals surface area contributed by atoms with Gasteiger partial charge in [0, 0.05) is 35.1 Å². The van der Waals surface area contributed by atoms with Crippen LogP contribution in [0.15, 0.2) is 47.2 Å². The molecule has 0 radical (unpaired) electrons. The van der Waals surface area contributed by atoms with Crippen LogP contribution in [0.1, 0.15) is 90.3 Å². The van der Waals surface area contributed by atoms with Crippen molar-refractivity contribution in [3.05, 3.63) is 80.5 Å². The van der Waals surface area contributed by atoms with Crippen LogP contribution in [0.25, 0.3) is 0 Å². The number of hydrogen-bond donors (Lipinski definition) is 2. The van der Waals surface area contributed by atoms with Crippen molar-refractivity contribution in [2.45, 2.75) is 37.8 Å².